The van der Waals surface area contributed by atoms with Crippen molar-refractivity contribution in [2.75, 3.05) is 39.3 Å². The first-order valence-corrected chi connectivity index (χ1v) is 9.87. The molecule has 2 atom stereocenters. The van der Waals surface area contributed by atoms with Crippen molar-refractivity contribution < 1.29 is 19.1 Å². The minimum absolute atomic E-state index is 0.118. The lowest BCUT2D eigenvalue weighted by Gasteiger charge is -2.35. The van der Waals surface area contributed by atoms with Gasteiger partial charge in [-0.2, -0.15) is 0 Å². The van der Waals surface area contributed by atoms with E-state index >= 15 is 0 Å². The molecule has 1 amide bonds. The average molecular weight is 383 g/mol. The molecular formula is C19H34N4O4. The molecule has 2 heterocycles. The van der Waals surface area contributed by atoms with Gasteiger partial charge in [0, 0.05) is 38.8 Å². The molecule has 154 valence electrons. The highest BCUT2D eigenvalue weighted by molar-refractivity contribution is 5.92. The van der Waals surface area contributed by atoms with Gasteiger partial charge in [0.15, 0.2) is 5.69 Å². The van der Waals surface area contributed by atoms with Crippen LogP contribution in [0.4, 0.5) is 0 Å². The predicted octanol–water partition coefficient (Wildman–Crippen LogP) is 1.11. The number of aliphatic hydroxyl groups excluding tert-OH is 1. The van der Waals surface area contributed by atoms with Crippen molar-refractivity contribution in [3.63, 3.8) is 0 Å². The number of ether oxygens (including phenoxy) is 1. The standard InChI is InChI=1S/C19H34N4O4/c1-5-15(4)20-19(25)17-13-27-18(21-17)11-23-8-6-22(7-9-23)10-16(24)12-26-14(2)3/h13-16,24H,5-12H2,1-4H3,(H,20,25). The summed E-state index contributed by atoms with van der Waals surface area (Å²) < 4.78 is 10.9. The number of carbonyl (C=O) groups excluding carboxylic acids is 1. The molecule has 0 aliphatic carbocycles. The lowest BCUT2D eigenvalue weighted by Crippen LogP contribution is -2.48. The van der Waals surface area contributed by atoms with E-state index in [2.05, 4.69) is 20.1 Å². The molecule has 1 aliphatic heterocycles. The lowest BCUT2D eigenvalue weighted by molar-refractivity contribution is -0.0151. The Morgan fingerprint density at radius 2 is 1.96 bits per heavy atom. The van der Waals surface area contributed by atoms with Crippen molar-refractivity contribution in [2.45, 2.75) is 58.9 Å². The summed E-state index contributed by atoms with van der Waals surface area (Å²) in [7, 11) is 0. The topological polar surface area (TPSA) is 91.1 Å². The van der Waals surface area contributed by atoms with Gasteiger partial charge in [0.25, 0.3) is 5.91 Å². The second kappa shape index (κ2) is 10.8. The van der Waals surface area contributed by atoms with Crippen molar-refractivity contribution in [3.05, 3.63) is 17.8 Å². The van der Waals surface area contributed by atoms with Crippen LogP contribution in [0.5, 0.6) is 0 Å². The molecule has 0 saturated carbocycles. The van der Waals surface area contributed by atoms with E-state index in [0.29, 0.717) is 31.3 Å². The molecule has 1 fully saturated rings. The molecule has 8 nitrogen and oxygen atoms in total. The zero-order chi connectivity index (χ0) is 19.8. The highest BCUT2D eigenvalue weighted by Gasteiger charge is 2.21. The van der Waals surface area contributed by atoms with Crippen molar-refractivity contribution >= 4 is 5.91 Å². The third-order valence-corrected chi connectivity index (χ3v) is 4.69. The van der Waals surface area contributed by atoms with Crippen LogP contribution < -0.4 is 5.32 Å². The number of piperazine rings is 1. The summed E-state index contributed by atoms with van der Waals surface area (Å²) >= 11 is 0. The van der Waals surface area contributed by atoms with Gasteiger partial charge in [0.1, 0.15) is 6.26 Å². The van der Waals surface area contributed by atoms with Crippen LogP contribution in [-0.2, 0) is 11.3 Å². The van der Waals surface area contributed by atoms with E-state index in [4.69, 9.17) is 9.15 Å². The van der Waals surface area contributed by atoms with Crippen molar-refractivity contribution in [2.24, 2.45) is 0 Å². The number of amides is 1. The van der Waals surface area contributed by atoms with E-state index in [1.54, 1.807) is 0 Å². The van der Waals surface area contributed by atoms with E-state index in [-0.39, 0.29) is 18.1 Å². The van der Waals surface area contributed by atoms with Gasteiger partial charge in [-0.25, -0.2) is 4.98 Å². The van der Waals surface area contributed by atoms with Crippen LogP contribution in [0.1, 0.15) is 50.5 Å². The molecule has 0 aromatic carbocycles. The molecule has 2 unspecified atom stereocenters. The zero-order valence-corrected chi connectivity index (χ0v) is 17.0. The van der Waals surface area contributed by atoms with E-state index in [1.807, 2.05) is 27.7 Å². The van der Waals surface area contributed by atoms with Crippen LogP contribution in [0.2, 0.25) is 0 Å². The van der Waals surface area contributed by atoms with Crippen LogP contribution in [0.25, 0.3) is 0 Å². The molecule has 2 rings (SSSR count). The molecule has 1 saturated heterocycles. The number of aliphatic hydroxyl groups is 1. The van der Waals surface area contributed by atoms with Crippen molar-refractivity contribution in [1.82, 2.24) is 20.1 Å². The molecule has 0 radical (unpaired) electrons. The summed E-state index contributed by atoms with van der Waals surface area (Å²) in [5, 5.41) is 12.9. The fraction of sp³-hybridized carbons (Fsp3) is 0.789. The first-order valence-electron chi connectivity index (χ1n) is 9.87. The molecule has 8 heteroatoms. The monoisotopic (exact) mass is 382 g/mol. The van der Waals surface area contributed by atoms with E-state index < -0.39 is 6.10 Å². The minimum atomic E-state index is -0.461. The number of nitrogens with one attached hydrogen (secondary N) is 1. The average Bonchev–Trinajstić information content (AvgIpc) is 3.10. The van der Waals surface area contributed by atoms with Crippen molar-refractivity contribution in [3.8, 4) is 0 Å². The van der Waals surface area contributed by atoms with Crippen LogP contribution >= 0.6 is 0 Å². The highest BCUT2D eigenvalue weighted by atomic mass is 16.5. The maximum Gasteiger partial charge on any atom is 0.273 e. The maximum atomic E-state index is 12.1. The smallest absolute Gasteiger partial charge is 0.273 e. The van der Waals surface area contributed by atoms with Gasteiger partial charge < -0.3 is 19.6 Å². The van der Waals surface area contributed by atoms with Crippen LogP contribution in [-0.4, -0.2) is 83.4 Å². The first kappa shape index (κ1) is 21.8. The van der Waals surface area contributed by atoms with Gasteiger partial charge in [0.2, 0.25) is 5.89 Å². The third-order valence-electron chi connectivity index (χ3n) is 4.69. The summed E-state index contributed by atoms with van der Waals surface area (Å²) in [6.45, 7) is 13.0. The van der Waals surface area contributed by atoms with E-state index in [0.717, 1.165) is 32.6 Å². The molecule has 1 aromatic rings. The Bertz CT molecular complexity index is 570. The number of hydrogen-bond donors (Lipinski definition) is 2. The van der Waals surface area contributed by atoms with Gasteiger partial charge in [-0.15, -0.1) is 0 Å². The molecule has 1 aliphatic rings. The number of carbonyl (C=O) groups is 1. The van der Waals surface area contributed by atoms with Gasteiger partial charge in [-0.3, -0.25) is 14.6 Å². The Labute approximate surface area is 161 Å². The van der Waals surface area contributed by atoms with Gasteiger partial charge in [-0.1, -0.05) is 6.92 Å². The van der Waals surface area contributed by atoms with Gasteiger partial charge in [-0.05, 0) is 27.2 Å². The summed E-state index contributed by atoms with van der Waals surface area (Å²) in [6, 6.07) is 0.118. The number of β-amino-alcohol motifs (C(OH)–C–C–N with tert-alkyl or cyclic N) is 1. The fourth-order valence-electron chi connectivity index (χ4n) is 2.86. The Morgan fingerprint density at radius 3 is 2.59 bits per heavy atom. The quantitative estimate of drug-likeness (QED) is 0.626. The number of rotatable bonds is 10. The molecule has 27 heavy (non-hydrogen) atoms. The number of oxazole rings is 1. The molecular weight excluding hydrogens is 348 g/mol. The fourth-order valence-corrected chi connectivity index (χ4v) is 2.86. The number of nitrogens with zero attached hydrogens (tertiary/aromatic N) is 3. The molecule has 0 bridgehead atoms. The van der Waals surface area contributed by atoms with Gasteiger partial charge in [0.05, 0.1) is 25.4 Å². The third kappa shape index (κ3) is 7.57. The van der Waals surface area contributed by atoms with Crippen LogP contribution in [0, 0.1) is 0 Å². The summed E-state index contributed by atoms with van der Waals surface area (Å²) in [5.41, 5.74) is 0.331. The highest BCUT2D eigenvalue weighted by Crippen LogP contribution is 2.10. The van der Waals surface area contributed by atoms with E-state index in [9.17, 15) is 9.90 Å². The van der Waals surface area contributed by atoms with Gasteiger partial charge >= 0.3 is 0 Å². The largest absolute Gasteiger partial charge is 0.447 e. The second-order valence-electron chi connectivity index (χ2n) is 7.52. The molecule has 1 aromatic heterocycles. The lowest BCUT2D eigenvalue weighted by atomic mass is 10.2. The SMILES string of the molecule is CCC(C)NC(=O)c1coc(CN2CCN(CC(O)COC(C)C)CC2)n1. The Hall–Kier alpha value is -1.48. The predicted molar refractivity (Wildman–Crippen MR) is 103 cm³/mol. The summed E-state index contributed by atoms with van der Waals surface area (Å²) in [6.07, 6.45) is 1.97. The van der Waals surface area contributed by atoms with E-state index in [1.165, 1.54) is 6.26 Å². The number of aromatic nitrogens is 1. The van der Waals surface area contributed by atoms with Crippen LogP contribution in [0.3, 0.4) is 0 Å². The Kier molecular flexibility index (Phi) is 8.69. The minimum Gasteiger partial charge on any atom is -0.447 e. The summed E-state index contributed by atoms with van der Waals surface area (Å²) in [4.78, 5) is 20.9. The summed E-state index contributed by atoms with van der Waals surface area (Å²) in [5.74, 6) is 0.366. The normalized spacial score (nSPS) is 18.6. The second-order valence-corrected chi connectivity index (χ2v) is 7.52. The maximum absolute atomic E-state index is 12.1. The number of hydrogen-bond acceptors (Lipinski definition) is 7. The molecule has 2 N–H and O–H groups in total. The Morgan fingerprint density at radius 1 is 1.30 bits per heavy atom. The first-order chi connectivity index (χ1) is 12.9. The zero-order valence-electron chi connectivity index (χ0n) is 17.0. The molecule has 0 spiro atoms. The van der Waals surface area contributed by atoms with Crippen LogP contribution in [0.15, 0.2) is 10.7 Å². The Balaban J connectivity index is 1.72. The van der Waals surface area contributed by atoms with Crippen molar-refractivity contribution in [1.29, 1.82) is 0 Å².